The molecule has 7 nitrogen and oxygen atoms in total. The summed E-state index contributed by atoms with van der Waals surface area (Å²) in [6.07, 6.45) is 0. The first-order valence-electron chi connectivity index (χ1n) is 36.4. The van der Waals surface area contributed by atoms with Crippen LogP contribution in [0.3, 0.4) is 0 Å². The van der Waals surface area contributed by atoms with Gasteiger partial charge in [-0.3, -0.25) is 0 Å². The van der Waals surface area contributed by atoms with E-state index >= 15 is 0 Å². The van der Waals surface area contributed by atoms with Crippen molar-refractivity contribution in [2.75, 3.05) is 0 Å². The standard InChI is InChI=1S/C51H33N3.C50H32N4/c1-3-12-39(13-4-1)47-33-48(54-51(53-47)42-14-5-2-6-15-42)40-27-23-36(24-28-40)34-19-21-35(22-20-34)37-25-29-41(30-26-37)50-45-32-31-38-11-7-8-16-43(38)49(45)44-17-9-10-18-46(44)52-50;1-3-12-39(13-4-1)48-52-49(40-14-5-2-6-15-40)54-50(53-48)41-29-25-36(26-30-41)34-21-19-33(20-22-34)35-23-27-38(28-24-35)47-44-32-31-37-11-7-8-16-42(37)46(44)43-17-9-10-18-45(43)51-47/h1-33H;1-32H. The van der Waals surface area contributed by atoms with E-state index in [4.69, 9.17) is 34.9 Å². The first-order valence-corrected chi connectivity index (χ1v) is 36.4. The van der Waals surface area contributed by atoms with Crippen molar-refractivity contribution in [3.05, 3.63) is 394 Å². The van der Waals surface area contributed by atoms with Crippen LogP contribution in [0, 0.1) is 0 Å². The van der Waals surface area contributed by atoms with Crippen LogP contribution in [0.15, 0.2) is 394 Å². The van der Waals surface area contributed by atoms with Crippen LogP contribution in [-0.2, 0) is 0 Å². The lowest BCUT2D eigenvalue weighted by atomic mass is 9.94. The maximum Gasteiger partial charge on any atom is 0.164 e. The molecule has 4 aromatic heterocycles. The second kappa shape index (κ2) is 28.3. The van der Waals surface area contributed by atoms with E-state index in [1.807, 2.05) is 97.1 Å². The third-order valence-electron chi connectivity index (χ3n) is 20.5. The second-order valence-corrected chi connectivity index (χ2v) is 27.1. The Morgan fingerprint density at radius 3 is 0.722 bits per heavy atom. The van der Waals surface area contributed by atoms with Gasteiger partial charge in [0.1, 0.15) is 0 Å². The van der Waals surface area contributed by atoms with Crippen LogP contribution in [0.2, 0.25) is 0 Å². The summed E-state index contributed by atoms with van der Waals surface area (Å²) in [5.41, 5.74) is 23.3. The van der Waals surface area contributed by atoms with Gasteiger partial charge in [0.2, 0.25) is 0 Å². The van der Waals surface area contributed by atoms with Crippen LogP contribution in [0.25, 0.3) is 200 Å². The van der Waals surface area contributed by atoms with Gasteiger partial charge in [-0.05, 0) is 84.3 Å². The van der Waals surface area contributed by atoms with Gasteiger partial charge in [-0.2, -0.15) is 0 Å². The van der Waals surface area contributed by atoms with Crippen LogP contribution in [0.1, 0.15) is 0 Å². The highest BCUT2D eigenvalue weighted by atomic mass is 15.0. The number of para-hydroxylation sites is 2. The SMILES string of the molecule is c1ccc(-c2cc(-c3ccc(-c4ccc(-c5ccc(-c6nc7ccccc7c7c6ccc6ccccc67)cc5)cc4)cc3)nc(-c3ccccc3)n2)cc1.c1ccc(-c2nc(-c3ccccc3)nc(-c3ccc(-c4ccc(-c5ccc(-c6nc7ccccc7c7c6ccc6ccccc67)cc5)cc4)cc3)n2)cc1. The van der Waals surface area contributed by atoms with Crippen LogP contribution in [0.5, 0.6) is 0 Å². The maximum absolute atomic E-state index is 5.18. The van der Waals surface area contributed by atoms with Gasteiger partial charge in [-0.25, -0.2) is 34.9 Å². The Labute approximate surface area is 625 Å². The summed E-state index contributed by atoms with van der Waals surface area (Å²) in [7, 11) is 0. The van der Waals surface area contributed by atoms with Crippen LogP contribution >= 0.6 is 0 Å². The Bertz CT molecular complexity index is 6140. The summed E-state index contributed by atoms with van der Waals surface area (Å²) in [6, 6.07) is 138. The minimum Gasteiger partial charge on any atom is -0.247 e. The number of fused-ring (bicyclic) bond motifs is 10. The topological polar surface area (TPSA) is 90.2 Å². The molecule has 20 rings (SSSR count). The van der Waals surface area contributed by atoms with Crippen molar-refractivity contribution in [2.45, 2.75) is 0 Å². The largest absolute Gasteiger partial charge is 0.247 e. The number of hydrogen-bond donors (Lipinski definition) is 0. The van der Waals surface area contributed by atoms with E-state index in [0.29, 0.717) is 17.5 Å². The van der Waals surface area contributed by atoms with Crippen molar-refractivity contribution in [3.63, 3.8) is 0 Å². The minimum atomic E-state index is 0.647. The van der Waals surface area contributed by atoms with Crippen molar-refractivity contribution in [3.8, 4) is 135 Å². The summed E-state index contributed by atoms with van der Waals surface area (Å²) in [6.45, 7) is 0. The van der Waals surface area contributed by atoms with Gasteiger partial charge in [-0.1, -0.05) is 376 Å². The summed E-state index contributed by atoms with van der Waals surface area (Å²) in [5.74, 6) is 2.67. The number of benzene rings is 16. The van der Waals surface area contributed by atoms with Crippen LogP contribution in [-0.4, -0.2) is 34.9 Å². The fraction of sp³-hybridized carbons (Fsp3) is 0. The molecule has 0 aliphatic heterocycles. The Hall–Kier alpha value is -14.5. The molecule has 108 heavy (non-hydrogen) atoms. The number of pyridine rings is 2. The molecule has 0 aliphatic rings. The van der Waals surface area contributed by atoms with E-state index in [2.05, 4.69) is 297 Å². The number of nitrogens with zero attached hydrogens (tertiary/aromatic N) is 7. The summed E-state index contributed by atoms with van der Waals surface area (Å²) >= 11 is 0. The molecule has 4 heterocycles. The molecule has 0 unspecified atom stereocenters. The summed E-state index contributed by atoms with van der Waals surface area (Å²) in [4.78, 5) is 34.9. The molecule has 0 N–H and O–H groups in total. The summed E-state index contributed by atoms with van der Waals surface area (Å²) < 4.78 is 0. The highest BCUT2D eigenvalue weighted by Crippen LogP contribution is 2.41. The number of aromatic nitrogens is 7. The van der Waals surface area contributed by atoms with Gasteiger partial charge in [0.25, 0.3) is 0 Å². The molecule has 504 valence electrons. The molecule has 0 fully saturated rings. The molecule has 0 amide bonds. The predicted octanol–water partition coefficient (Wildman–Crippen LogP) is 26.1. The van der Waals surface area contributed by atoms with Gasteiger partial charge in [-0.15, -0.1) is 0 Å². The van der Waals surface area contributed by atoms with E-state index in [1.54, 1.807) is 0 Å². The average molecular weight is 1380 g/mol. The highest BCUT2D eigenvalue weighted by Gasteiger charge is 2.19. The molecule has 0 aliphatic carbocycles. The fourth-order valence-electron chi connectivity index (χ4n) is 14.9. The normalized spacial score (nSPS) is 11.3. The molecule has 0 bridgehead atoms. The lowest BCUT2D eigenvalue weighted by molar-refractivity contribution is 1.07. The molecule has 0 spiro atoms. The third-order valence-corrected chi connectivity index (χ3v) is 20.5. The second-order valence-electron chi connectivity index (χ2n) is 27.1. The molecule has 20 aromatic rings. The summed E-state index contributed by atoms with van der Waals surface area (Å²) in [5, 5.41) is 12.2. The Kier molecular flexibility index (Phi) is 16.8. The van der Waals surface area contributed by atoms with Crippen molar-refractivity contribution < 1.29 is 0 Å². The van der Waals surface area contributed by atoms with E-state index in [0.717, 1.165) is 112 Å². The van der Waals surface area contributed by atoms with E-state index in [1.165, 1.54) is 70.6 Å². The van der Waals surface area contributed by atoms with Crippen molar-refractivity contribution >= 4 is 64.9 Å². The first kappa shape index (κ1) is 64.3. The smallest absolute Gasteiger partial charge is 0.164 e. The zero-order chi connectivity index (χ0) is 71.7. The van der Waals surface area contributed by atoms with Gasteiger partial charge < -0.3 is 0 Å². The molecule has 0 saturated heterocycles. The zero-order valence-electron chi connectivity index (χ0n) is 58.7. The molecule has 0 atom stereocenters. The average Bonchev–Trinajstić information content (AvgIpc) is 0.746. The molecule has 7 heteroatoms. The third kappa shape index (κ3) is 12.6. The lowest BCUT2D eigenvalue weighted by Gasteiger charge is -2.13. The maximum atomic E-state index is 5.18. The lowest BCUT2D eigenvalue weighted by Crippen LogP contribution is -2.00. The Balaban J connectivity index is 0.000000147. The van der Waals surface area contributed by atoms with Crippen LogP contribution in [0.4, 0.5) is 0 Å². The van der Waals surface area contributed by atoms with Crippen LogP contribution < -0.4 is 0 Å². The quantitative estimate of drug-likeness (QED) is 0.113. The number of rotatable bonds is 12. The van der Waals surface area contributed by atoms with E-state index in [9.17, 15) is 0 Å². The molecule has 16 aromatic carbocycles. The Morgan fingerprint density at radius 1 is 0.139 bits per heavy atom. The number of hydrogen-bond acceptors (Lipinski definition) is 7. The Morgan fingerprint density at radius 2 is 0.380 bits per heavy atom. The van der Waals surface area contributed by atoms with E-state index < -0.39 is 0 Å². The van der Waals surface area contributed by atoms with Gasteiger partial charge >= 0.3 is 0 Å². The van der Waals surface area contributed by atoms with Crippen molar-refractivity contribution in [1.82, 2.24) is 34.9 Å². The molecular formula is C101H65N7. The van der Waals surface area contributed by atoms with Crippen molar-refractivity contribution in [2.24, 2.45) is 0 Å². The van der Waals surface area contributed by atoms with Gasteiger partial charge in [0.15, 0.2) is 23.3 Å². The molecule has 0 saturated carbocycles. The predicted molar refractivity (Wildman–Crippen MR) is 448 cm³/mol. The van der Waals surface area contributed by atoms with Gasteiger partial charge in [0, 0.05) is 76.8 Å². The monoisotopic (exact) mass is 1380 g/mol. The zero-order valence-corrected chi connectivity index (χ0v) is 58.7. The minimum absolute atomic E-state index is 0.647. The molecule has 0 radical (unpaired) electrons. The van der Waals surface area contributed by atoms with Gasteiger partial charge in [0.05, 0.1) is 33.8 Å². The fourth-order valence-corrected chi connectivity index (χ4v) is 14.9. The highest BCUT2D eigenvalue weighted by molar-refractivity contribution is 6.23. The molecular weight excluding hydrogens is 1310 g/mol. The first-order chi connectivity index (χ1) is 53.5. The van der Waals surface area contributed by atoms with E-state index in [-0.39, 0.29) is 0 Å². The van der Waals surface area contributed by atoms with Crippen molar-refractivity contribution in [1.29, 1.82) is 0 Å².